The van der Waals surface area contributed by atoms with Crippen LogP contribution in [0.1, 0.15) is 44.9 Å². The average molecular weight is 323 g/mol. The van der Waals surface area contributed by atoms with Crippen LogP contribution in [0.4, 0.5) is 4.79 Å². The van der Waals surface area contributed by atoms with Crippen molar-refractivity contribution in [3.05, 3.63) is 0 Å². The number of hydrogen-bond acceptors (Lipinski definition) is 4. The van der Waals surface area contributed by atoms with Crippen LogP contribution in [-0.2, 0) is 9.53 Å². The molecule has 0 bridgehead atoms. The minimum Gasteiger partial charge on any atom is -0.448 e. The number of carbonyl (C=O) groups excluding carboxylic acids is 2. The van der Waals surface area contributed by atoms with E-state index in [0.717, 1.165) is 51.9 Å². The molecule has 1 N–H and O–H groups in total. The number of nitrogens with one attached hydrogen (secondary N) is 1. The van der Waals surface area contributed by atoms with Crippen molar-refractivity contribution in [2.24, 2.45) is 5.92 Å². The molecule has 0 unspecified atom stereocenters. The second-order valence-electron chi connectivity index (χ2n) is 7.06. The van der Waals surface area contributed by atoms with E-state index in [1.807, 2.05) is 0 Å². The average Bonchev–Trinajstić information content (AvgIpc) is 3.00. The van der Waals surface area contributed by atoms with E-state index in [4.69, 9.17) is 4.74 Å². The van der Waals surface area contributed by atoms with Crippen molar-refractivity contribution in [3.63, 3.8) is 0 Å². The zero-order valence-corrected chi connectivity index (χ0v) is 14.0. The molecule has 0 spiro atoms. The maximum Gasteiger partial charge on any atom is 0.409 e. The van der Waals surface area contributed by atoms with Gasteiger partial charge in [-0.1, -0.05) is 19.3 Å². The molecule has 6 nitrogen and oxygen atoms in total. The second-order valence-corrected chi connectivity index (χ2v) is 7.06. The van der Waals surface area contributed by atoms with Crippen molar-refractivity contribution in [1.29, 1.82) is 0 Å². The van der Waals surface area contributed by atoms with E-state index in [0.29, 0.717) is 19.2 Å². The molecular weight excluding hydrogens is 294 g/mol. The Morgan fingerprint density at radius 2 is 1.78 bits per heavy atom. The molecule has 130 valence electrons. The lowest BCUT2D eigenvalue weighted by atomic mass is 9.88. The SMILES string of the molecule is O=C(NC1CCN(CCN2CCOC2=O)CC1)C1CCCCC1. The molecule has 1 saturated carbocycles. The number of likely N-dealkylation sites (tertiary alicyclic amines) is 1. The maximum absolute atomic E-state index is 12.3. The third kappa shape index (κ3) is 4.59. The molecule has 3 fully saturated rings. The van der Waals surface area contributed by atoms with Gasteiger partial charge in [0, 0.05) is 38.1 Å². The monoisotopic (exact) mass is 323 g/mol. The number of piperidine rings is 1. The highest BCUT2D eigenvalue weighted by Crippen LogP contribution is 2.24. The fraction of sp³-hybridized carbons (Fsp3) is 0.882. The Labute approximate surface area is 138 Å². The first-order chi connectivity index (χ1) is 11.2. The quantitative estimate of drug-likeness (QED) is 0.835. The Morgan fingerprint density at radius 1 is 1.04 bits per heavy atom. The predicted molar refractivity (Wildman–Crippen MR) is 87.1 cm³/mol. The van der Waals surface area contributed by atoms with Crippen molar-refractivity contribution >= 4 is 12.0 Å². The lowest BCUT2D eigenvalue weighted by Crippen LogP contribution is -2.48. The van der Waals surface area contributed by atoms with Crippen molar-refractivity contribution < 1.29 is 14.3 Å². The summed E-state index contributed by atoms with van der Waals surface area (Å²) in [6.45, 7) is 4.88. The molecule has 2 amide bonds. The van der Waals surface area contributed by atoms with Crippen LogP contribution in [0.15, 0.2) is 0 Å². The van der Waals surface area contributed by atoms with Crippen LogP contribution in [0, 0.1) is 5.92 Å². The largest absolute Gasteiger partial charge is 0.448 e. The fourth-order valence-electron chi connectivity index (χ4n) is 3.88. The minimum atomic E-state index is -0.181. The van der Waals surface area contributed by atoms with E-state index in [1.54, 1.807) is 4.90 Å². The molecule has 23 heavy (non-hydrogen) atoms. The van der Waals surface area contributed by atoms with Gasteiger partial charge in [-0.05, 0) is 25.7 Å². The fourth-order valence-corrected chi connectivity index (χ4v) is 3.88. The van der Waals surface area contributed by atoms with Gasteiger partial charge >= 0.3 is 6.09 Å². The van der Waals surface area contributed by atoms with E-state index in [1.165, 1.54) is 19.3 Å². The molecule has 2 saturated heterocycles. The molecule has 3 rings (SSSR count). The zero-order valence-electron chi connectivity index (χ0n) is 14.0. The molecule has 2 heterocycles. The smallest absolute Gasteiger partial charge is 0.409 e. The first kappa shape index (κ1) is 16.6. The Hall–Kier alpha value is -1.30. The second kappa shape index (κ2) is 7.99. The normalized spacial score (nSPS) is 24.7. The van der Waals surface area contributed by atoms with E-state index in [9.17, 15) is 9.59 Å². The highest BCUT2D eigenvalue weighted by atomic mass is 16.6. The Morgan fingerprint density at radius 3 is 2.43 bits per heavy atom. The number of hydrogen-bond donors (Lipinski definition) is 1. The lowest BCUT2D eigenvalue weighted by Gasteiger charge is -2.34. The van der Waals surface area contributed by atoms with Gasteiger partial charge in [-0.3, -0.25) is 4.79 Å². The van der Waals surface area contributed by atoms with Crippen LogP contribution >= 0.6 is 0 Å². The summed E-state index contributed by atoms with van der Waals surface area (Å²) >= 11 is 0. The lowest BCUT2D eigenvalue weighted by molar-refractivity contribution is -0.127. The summed E-state index contributed by atoms with van der Waals surface area (Å²) in [5.41, 5.74) is 0. The van der Waals surface area contributed by atoms with Crippen molar-refractivity contribution in [3.8, 4) is 0 Å². The number of nitrogens with zero attached hydrogens (tertiary/aromatic N) is 2. The maximum atomic E-state index is 12.3. The van der Waals surface area contributed by atoms with E-state index in [-0.39, 0.29) is 17.9 Å². The molecule has 2 aliphatic heterocycles. The highest BCUT2D eigenvalue weighted by Gasteiger charge is 2.27. The third-order valence-electron chi connectivity index (χ3n) is 5.44. The first-order valence-electron chi connectivity index (χ1n) is 9.17. The third-order valence-corrected chi connectivity index (χ3v) is 5.44. The number of carbonyl (C=O) groups is 2. The van der Waals surface area contributed by atoms with Gasteiger partial charge in [0.1, 0.15) is 6.61 Å². The summed E-state index contributed by atoms with van der Waals surface area (Å²) < 4.78 is 4.94. The molecular formula is C17H29N3O3. The van der Waals surface area contributed by atoms with E-state index in [2.05, 4.69) is 10.2 Å². The Balaban J connectivity index is 1.33. The molecule has 3 aliphatic rings. The number of ether oxygens (including phenoxy) is 1. The van der Waals surface area contributed by atoms with Gasteiger partial charge in [-0.25, -0.2) is 4.79 Å². The van der Waals surface area contributed by atoms with Crippen LogP contribution < -0.4 is 5.32 Å². The number of amides is 2. The highest BCUT2D eigenvalue weighted by molar-refractivity contribution is 5.79. The van der Waals surface area contributed by atoms with Gasteiger partial charge in [0.2, 0.25) is 5.91 Å². The van der Waals surface area contributed by atoms with Crippen LogP contribution in [0.25, 0.3) is 0 Å². The van der Waals surface area contributed by atoms with Gasteiger partial charge < -0.3 is 19.9 Å². The van der Waals surface area contributed by atoms with Gasteiger partial charge in [-0.2, -0.15) is 0 Å². The Kier molecular flexibility index (Phi) is 5.75. The molecule has 0 aromatic carbocycles. The number of rotatable bonds is 5. The van der Waals surface area contributed by atoms with Gasteiger partial charge in [0.25, 0.3) is 0 Å². The molecule has 0 aromatic rings. The van der Waals surface area contributed by atoms with Crippen molar-refractivity contribution in [2.75, 3.05) is 39.3 Å². The summed E-state index contributed by atoms with van der Waals surface area (Å²) in [5.74, 6) is 0.533. The molecule has 1 aliphatic carbocycles. The molecule has 0 aromatic heterocycles. The number of cyclic esters (lactones) is 1. The van der Waals surface area contributed by atoms with Gasteiger partial charge in [0.15, 0.2) is 0 Å². The topological polar surface area (TPSA) is 61.9 Å². The summed E-state index contributed by atoms with van der Waals surface area (Å²) in [6.07, 6.45) is 7.68. The van der Waals surface area contributed by atoms with Crippen LogP contribution in [-0.4, -0.2) is 67.2 Å². The van der Waals surface area contributed by atoms with E-state index < -0.39 is 0 Å². The molecule has 0 atom stereocenters. The summed E-state index contributed by atoms with van der Waals surface area (Å²) in [4.78, 5) is 27.9. The van der Waals surface area contributed by atoms with Crippen molar-refractivity contribution in [2.45, 2.75) is 51.0 Å². The van der Waals surface area contributed by atoms with Gasteiger partial charge in [-0.15, -0.1) is 0 Å². The summed E-state index contributed by atoms with van der Waals surface area (Å²) in [7, 11) is 0. The molecule has 0 radical (unpaired) electrons. The summed E-state index contributed by atoms with van der Waals surface area (Å²) in [5, 5.41) is 3.26. The van der Waals surface area contributed by atoms with Gasteiger partial charge in [0.05, 0.1) is 6.54 Å². The van der Waals surface area contributed by atoms with Crippen molar-refractivity contribution in [1.82, 2.24) is 15.1 Å². The Bertz CT molecular complexity index is 415. The zero-order chi connectivity index (χ0) is 16.1. The van der Waals surface area contributed by atoms with Crippen LogP contribution in [0.2, 0.25) is 0 Å². The van der Waals surface area contributed by atoms with Crippen LogP contribution in [0.5, 0.6) is 0 Å². The predicted octanol–water partition coefficient (Wildman–Crippen LogP) is 1.60. The van der Waals surface area contributed by atoms with E-state index >= 15 is 0 Å². The van der Waals surface area contributed by atoms with Crippen LogP contribution in [0.3, 0.4) is 0 Å². The standard InChI is InChI=1S/C17H29N3O3/c21-16(14-4-2-1-3-5-14)18-15-6-8-19(9-7-15)10-11-20-12-13-23-17(20)22/h14-15H,1-13H2,(H,18,21). The minimum absolute atomic E-state index is 0.181. The molecule has 6 heteroatoms. The summed E-state index contributed by atoms with van der Waals surface area (Å²) in [6, 6.07) is 0.331. The first-order valence-corrected chi connectivity index (χ1v) is 9.17.